The number of aliphatic hydroxyl groups excluding tert-OH is 1. The molecule has 0 radical (unpaired) electrons. The Morgan fingerprint density at radius 2 is 2.20 bits per heavy atom. The van der Waals surface area contributed by atoms with Gasteiger partial charge in [-0.15, -0.1) is 5.10 Å². The average Bonchev–Trinajstić information content (AvgIpc) is 3.41. The van der Waals surface area contributed by atoms with Gasteiger partial charge in [0, 0.05) is 38.4 Å². The molecule has 0 saturated carbocycles. The monoisotopic (exact) mass is 413 g/mol. The molecule has 0 spiro atoms. The molecule has 9 nitrogen and oxygen atoms in total. The summed E-state index contributed by atoms with van der Waals surface area (Å²) in [5, 5.41) is 20.4. The first-order chi connectivity index (χ1) is 14.7. The molecule has 1 aromatic heterocycles. The van der Waals surface area contributed by atoms with Crippen LogP contribution in [0.4, 0.5) is 0 Å². The number of benzene rings is 1. The number of hydrogen-bond donors (Lipinski definition) is 2. The van der Waals surface area contributed by atoms with E-state index in [2.05, 4.69) is 20.5 Å². The van der Waals surface area contributed by atoms with Gasteiger partial charge in [0.05, 0.1) is 18.2 Å². The SMILES string of the molecule is O=C(NCc1ccc2c(c1)OCO2)[C@@H]1CN2CC[C@@H]1C[C@@H]2Cn1cc(CCO)nn1. The highest BCUT2D eigenvalue weighted by Gasteiger charge is 2.43. The maximum atomic E-state index is 12.9. The lowest BCUT2D eigenvalue weighted by molar-refractivity contribution is -0.133. The quantitative estimate of drug-likeness (QED) is 0.684. The molecule has 1 unspecified atom stereocenters. The molecular weight excluding hydrogens is 386 g/mol. The summed E-state index contributed by atoms with van der Waals surface area (Å²) in [7, 11) is 0. The maximum absolute atomic E-state index is 12.9. The largest absolute Gasteiger partial charge is 0.454 e. The zero-order valence-corrected chi connectivity index (χ0v) is 16.9. The van der Waals surface area contributed by atoms with E-state index in [1.165, 1.54) is 0 Å². The first-order valence-electron chi connectivity index (χ1n) is 10.6. The van der Waals surface area contributed by atoms with Crippen molar-refractivity contribution >= 4 is 5.91 Å². The van der Waals surface area contributed by atoms with Gasteiger partial charge in [-0.3, -0.25) is 14.4 Å². The van der Waals surface area contributed by atoms with Gasteiger partial charge in [0.25, 0.3) is 0 Å². The van der Waals surface area contributed by atoms with Crippen molar-refractivity contribution < 1.29 is 19.4 Å². The number of rotatable bonds is 7. The average molecular weight is 413 g/mol. The summed E-state index contributed by atoms with van der Waals surface area (Å²) in [6.45, 7) is 3.43. The van der Waals surface area contributed by atoms with E-state index in [4.69, 9.17) is 14.6 Å². The Labute approximate surface area is 175 Å². The van der Waals surface area contributed by atoms with E-state index < -0.39 is 0 Å². The molecule has 9 heteroatoms. The van der Waals surface area contributed by atoms with Gasteiger partial charge in [0.2, 0.25) is 12.7 Å². The number of fused-ring (bicyclic) bond motifs is 4. The molecule has 1 amide bonds. The van der Waals surface area contributed by atoms with Crippen molar-refractivity contribution in [1.82, 2.24) is 25.2 Å². The Kier molecular flexibility index (Phi) is 5.30. The molecule has 30 heavy (non-hydrogen) atoms. The van der Waals surface area contributed by atoms with Crippen LogP contribution in [0.5, 0.6) is 11.5 Å². The topological polar surface area (TPSA) is 102 Å². The Morgan fingerprint density at radius 3 is 3.03 bits per heavy atom. The summed E-state index contributed by atoms with van der Waals surface area (Å²) in [5.41, 5.74) is 1.82. The van der Waals surface area contributed by atoms with Crippen LogP contribution in [0.2, 0.25) is 0 Å². The smallest absolute Gasteiger partial charge is 0.231 e. The van der Waals surface area contributed by atoms with Crippen molar-refractivity contribution in [3.8, 4) is 11.5 Å². The minimum atomic E-state index is 0.0321. The Hall–Kier alpha value is -2.65. The van der Waals surface area contributed by atoms with Crippen LogP contribution in [0.25, 0.3) is 0 Å². The minimum Gasteiger partial charge on any atom is -0.454 e. The summed E-state index contributed by atoms with van der Waals surface area (Å²) in [6, 6.07) is 6.16. The fourth-order valence-corrected chi connectivity index (χ4v) is 4.87. The normalized spacial score (nSPS) is 26.7. The number of aromatic nitrogens is 3. The van der Waals surface area contributed by atoms with Gasteiger partial charge in [-0.25, -0.2) is 0 Å². The number of piperidine rings is 3. The lowest BCUT2D eigenvalue weighted by atomic mass is 9.75. The summed E-state index contributed by atoms with van der Waals surface area (Å²) >= 11 is 0. The van der Waals surface area contributed by atoms with Crippen molar-refractivity contribution in [2.45, 2.75) is 38.4 Å². The molecule has 5 heterocycles. The van der Waals surface area contributed by atoms with Gasteiger partial charge in [0.15, 0.2) is 11.5 Å². The fourth-order valence-electron chi connectivity index (χ4n) is 4.87. The molecule has 4 aliphatic rings. The molecule has 160 valence electrons. The summed E-state index contributed by atoms with van der Waals surface area (Å²) in [6.07, 6.45) is 4.50. The van der Waals surface area contributed by atoms with E-state index in [0.717, 1.165) is 55.2 Å². The van der Waals surface area contributed by atoms with Crippen molar-refractivity contribution in [3.63, 3.8) is 0 Å². The van der Waals surface area contributed by atoms with Crippen molar-refractivity contribution in [2.24, 2.45) is 11.8 Å². The number of carbonyl (C=O) groups excluding carboxylic acids is 1. The fraction of sp³-hybridized carbons (Fsp3) is 0.571. The van der Waals surface area contributed by atoms with Crippen LogP contribution in [0.15, 0.2) is 24.4 Å². The van der Waals surface area contributed by atoms with Crippen molar-refractivity contribution in [1.29, 1.82) is 0 Å². The standard InChI is InChI=1S/C21H27N5O4/c27-6-4-16-10-26(24-23-16)11-17-8-15-3-5-25(17)12-18(15)21(28)22-9-14-1-2-19-20(7-14)30-13-29-19/h1-2,7,10,15,17-18,27H,3-6,8-9,11-13H2,(H,22,28)/t15-,17-,18-/m1/s1. The van der Waals surface area contributed by atoms with Crippen molar-refractivity contribution in [2.75, 3.05) is 26.5 Å². The van der Waals surface area contributed by atoms with Gasteiger partial charge in [-0.2, -0.15) is 0 Å². The predicted octanol–water partition coefficient (Wildman–Crippen LogP) is 0.568. The molecule has 3 saturated heterocycles. The van der Waals surface area contributed by atoms with Crippen LogP contribution in [0, 0.1) is 11.8 Å². The first-order valence-corrected chi connectivity index (χ1v) is 10.6. The Balaban J connectivity index is 1.16. The van der Waals surface area contributed by atoms with Gasteiger partial charge in [-0.1, -0.05) is 11.3 Å². The number of carbonyl (C=O) groups is 1. The lowest BCUT2D eigenvalue weighted by Crippen LogP contribution is -2.58. The summed E-state index contributed by atoms with van der Waals surface area (Å²) in [4.78, 5) is 15.3. The third kappa shape index (κ3) is 3.87. The molecule has 0 aliphatic carbocycles. The number of nitrogens with zero attached hydrogens (tertiary/aromatic N) is 4. The Morgan fingerprint density at radius 1 is 1.30 bits per heavy atom. The van der Waals surface area contributed by atoms with Crippen LogP contribution in [0.1, 0.15) is 24.1 Å². The van der Waals surface area contributed by atoms with Crippen LogP contribution < -0.4 is 14.8 Å². The third-order valence-corrected chi connectivity index (χ3v) is 6.47. The molecule has 1 aromatic carbocycles. The molecular formula is C21H27N5O4. The van der Waals surface area contributed by atoms with Crippen LogP contribution >= 0.6 is 0 Å². The van der Waals surface area contributed by atoms with Crippen LogP contribution in [0.3, 0.4) is 0 Å². The first kappa shape index (κ1) is 19.3. The van der Waals surface area contributed by atoms with Gasteiger partial charge < -0.3 is 19.9 Å². The van der Waals surface area contributed by atoms with E-state index in [1.807, 2.05) is 29.1 Å². The van der Waals surface area contributed by atoms with Gasteiger partial charge in [0.1, 0.15) is 0 Å². The lowest BCUT2D eigenvalue weighted by Gasteiger charge is -2.49. The van der Waals surface area contributed by atoms with Crippen LogP contribution in [-0.2, 0) is 24.3 Å². The highest BCUT2D eigenvalue weighted by atomic mass is 16.7. The van der Waals surface area contributed by atoms with E-state index in [1.54, 1.807) is 0 Å². The number of ether oxygens (including phenoxy) is 2. The molecule has 2 aromatic rings. The van der Waals surface area contributed by atoms with Crippen LogP contribution in [-0.4, -0.2) is 63.4 Å². The number of amides is 1. The Bertz CT molecular complexity index is 917. The molecule has 4 aliphatic heterocycles. The molecule has 3 fully saturated rings. The second-order valence-corrected chi connectivity index (χ2v) is 8.35. The maximum Gasteiger partial charge on any atom is 0.231 e. The molecule has 4 atom stereocenters. The second-order valence-electron chi connectivity index (χ2n) is 8.35. The summed E-state index contributed by atoms with van der Waals surface area (Å²) < 4.78 is 12.6. The highest BCUT2D eigenvalue weighted by molar-refractivity contribution is 5.79. The minimum absolute atomic E-state index is 0.0321. The number of hydrogen-bond acceptors (Lipinski definition) is 7. The number of aliphatic hydroxyl groups is 1. The summed E-state index contributed by atoms with van der Waals surface area (Å²) in [5.74, 6) is 2.06. The second kappa shape index (κ2) is 8.23. The highest BCUT2D eigenvalue weighted by Crippen LogP contribution is 2.37. The van der Waals surface area contributed by atoms with E-state index in [-0.39, 0.29) is 25.2 Å². The predicted molar refractivity (Wildman–Crippen MR) is 107 cm³/mol. The van der Waals surface area contributed by atoms with E-state index in [9.17, 15) is 4.79 Å². The van der Waals surface area contributed by atoms with Crippen molar-refractivity contribution in [3.05, 3.63) is 35.7 Å². The molecule has 2 bridgehead atoms. The third-order valence-electron chi connectivity index (χ3n) is 6.47. The van der Waals surface area contributed by atoms with E-state index >= 15 is 0 Å². The van der Waals surface area contributed by atoms with E-state index in [0.29, 0.717) is 24.9 Å². The zero-order valence-electron chi connectivity index (χ0n) is 16.9. The van der Waals surface area contributed by atoms with Gasteiger partial charge in [-0.05, 0) is 43.0 Å². The molecule has 6 rings (SSSR count). The number of nitrogens with one attached hydrogen (secondary N) is 1. The zero-order chi connectivity index (χ0) is 20.5. The molecule has 2 N–H and O–H groups in total. The van der Waals surface area contributed by atoms with Gasteiger partial charge >= 0.3 is 0 Å².